The molecule has 22 heavy (non-hydrogen) atoms. The number of sulfonamides is 1. The second kappa shape index (κ2) is 8.83. The van der Waals surface area contributed by atoms with Gasteiger partial charge in [-0.25, -0.2) is 13.1 Å². The van der Waals surface area contributed by atoms with Crippen LogP contribution in [0.3, 0.4) is 0 Å². The summed E-state index contributed by atoms with van der Waals surface area (Å²) in [6.07, 6.45) is 0.0613. The zero-order valence-electron chi connectivity index (χ0n) is 12.4. The molecule has 0 aliphatic rings. The SMILES string of the molecule is CC(C)(N)CNC(=O)CCNS(=O)(=O)c1ccc(Br)cc1.Cl. The molecule has 0 atom stereocenters. The summed E-state index contributed by atoms with van der Waals surface area (Å²) in [6.45, 7) is 3.97. The summed E-state index contributed by atoms with van der Waals surface area (Å²) in [5.74, 6) is -0.243. The molecule has 126 valence electrons. The highest BCUT2D eigenvalue weighted by molar-refractivity contribution is 9.10. The number of nitrogens with one attached hydrogen (secondary N) is 2. The molecule has 1 amide bonds. The molecule has 9 heteroatoms. The zero-order chi connectivity index (χ0) is 16.1. The van der Waals surface area contributed by atoms with E-state index in [2.05, 4.69) is 26.0 Å². The maximum Gasteiger partial charge on any atom is 0.240 e. The third kappa shape index (κ3) is 8.09. The van der Waals surface area contributed by atoms with Crippen LogP contribution >= 0.6 is 28.3 Å². The van der Waals surface area contributed by atoms with E-state index in [9.17, 15) is 13.2 Å². The highest BCUT2D eigenvalue weighted by Crippen LogP contribution is 2.14. The fourth-order valence-corrected chi connectivity index (χ4v) is 2.71. The van der Waals surface area contributed by atoms with Crippen LogP contribution in [0.5, 0.6) is 0 Å². The molecule has 6 nitrogen and oxygen atoms in total. The second-order valence-corrected chi connectivity index (χ2v) is 8.05. The van der Waals surface area contributed by atoms with E-state index in [0.717, 1.165) is 4.47 Å². The molecule has 4 N–H and O–H groups in total. The van der Waals surface area contributed by atoms with E-state index in [1.165, 1.54) is 12.1 Å². The minimum atomic E-state index is -3.59. The lowest BCUT2D eigenvalue weighted by Gasteiger charge is -2.18. The van der Waals surface area contributed by atoms with E-state index in [4.69, 9.17) is 5.73 Å². The predicted molar refractivity (Wildman–Crippen MR) is 92.5 cm³/mol. The van der Waals surface area contributed by atoms with Crippen LogP contribution < -0.4 is 15.8 Å². The van der Waals surface area contributed by atoms with Crippen molar-refractivity contribution in [2.45, 2.75) is 30.7 Å². The minimum Gasteiger partial charge on any atom is -0.354 e. The van der Waals surface area contributed by atoms with Gasteiger partial charge in [-0.2, -0.15) is 0 Å². The van der Waals surface area contributed by atoms with Crippen molar-refractivity contribution in [2.75, 3.05) is 13.1 Å². The number of rotatable bonds is 7. The predicted octanol–water partition coefficient (Wildman–Crippen LogP) is 1.39. The monoisotopic (exact) mass is 413 g/mol. The lowest BCUT2D eigenvalue weighted by molar-refractivity contribution is -0.121. The Hall–Kier alpha value is -0.670. The molecule has 0 unspecified atom stereocenters. The van der Waals surface area contributed by atoms with E-state index in [1.807, 2.05) is 0 Å². The van der Waals surface area contributed by atoms with Gasteiger partial charge in [-0.05, 0) is 38.1 Å². The first-order chi connectivity index (χ1) is 9.60. The van der Waals surface area contributed by atoms with Crippen molar-refractivity contribution in [1.82, 2.24) is 10.0 Å². The Balaban J connectivity index is 0.00000441. The van der Waals surface area contributed by atoms with Gasteiger partial charge in [0, 0.05) is 29.5 Å². The summed E-state index contributed by atoms with van der Waals surface area (Å²) in [7, 11) is -3.59. The molecule has 1 rings (SSSR count). The zero-order valence-corrected chi connectivity index (χ0v) is 15.6. The second-order valence-electron chi connectivity index (χ2n) is 5.37. The molecule has 0 heterocycles. The normalized spacial score (nSPS) is 11.6. The Morgan fingerprint density at radius 2 is 1.82 bits per heavy atom. The Morgan fingerprint density at radius 1 is 1.27 bits per heavy atom. The van der Waals surface area contributed by atoms with Gasteiger partial charge in [0.2, 0.25) is 15.9 Å². The van der Waals surface area contributed by atoms with Crippen molar-refractivity contribution in [3.8, 4) is 0 Å². The van der Waals surface area contributed by atoms with Crippen molar-refractivity contribution in [3.63, 3.8) is 0 Å². The van der Waals surface area contributed by atoms with Crippen molar-refractivity contribution < 1.29 is 13.2 Å². The molecular weight excluding hydrogens is 394 g/mol. The summed E-state index contributed by atoms with van der Waals surface area (Å²) in [4.78, 5) is 11.7. The Morgan fingerprint density at radius 3 is 2.32 bits per heavy atom. The number of nitrogens with two attached hydrogens (primary N) is 1. The van der Waals surface area contributed by atoms with Gasteiger partial charge in [0.05, 0.1) is 4.90 Å². The molecule has 0 saturated heterocycles. The summed E-state index contributed by atoms with van der Waals surface area (Å²) < 4.78 is 27.1. The molecule has 0 aliphatic carbocycles. The van der Waals surface area contributed by atoms with Crippen LogP contribution in [-0.4, -0.2) is 33.0 Å². The van der Waals surface area contributed by atoms with Gasteiger partial charge in [0.1, 0.15) is 0 Å². The lowest BCUT2D eigenvalue weighted by Crippen LogP contribution is -2.45. The Bertz CT molecular complexity index is 586. The average molecular weight is 415 g/mol. The van der Waals surface area contributed by atoms with Crippen LogP contribution in [0.1, 0.15) is 20.3 Å². The highest BCUT2D eigenvalue weighted by Gasteiger charge is 2.15. The largest absolute Gasteiger partial charge is 0.354 e. The first-order valence-electron chi connectivity index (χ1n) is 6.41. The first kappa shape index (κ1) is 21.3. The van der Waals surface area contributed by atoms with Crippen molar-refractivity contribution in [1.29, 1.82) is 0 Å². The van der Waals surface area contributed by atoms with E-state index in [1.54, 1.807) is 26.0 Å². The number of hydrogen-bond donors (Lipinski definition) is 3. The number of halogens is 2. The molecule has 1 aromatic carbocycles. The Labute approximate surface area is 145 Å². The third-order valence-corrected chi connectivity index (χ3v) is 4.51. The standard InChI is InChI=1S/C13H20BrN3O3S.ClH/c1-13(2,15)9-16-12(18)7-8-17-21(19,20)11-5-3-10(14)4-6-11;/h3-6,17H,7-9,15H2,1-2H3,(H,16,18);1H. The van der Waals surface area contributed by atoms with Gasteiger partial charge in [-0.3, -0.25) is 4.79 Å². The number of carbonyl (C=O) groups excluding carboxylic acids is 1. The van der Waals surface area contributed by atoms with Crippen LogP contribution in [0.2, 0.25) is 0 Å². The van der Waals surface area contributed by atoms with E-state index in [0.29, 0.717) is 6.54 Å². The number of amides is 1. The lowest BCUT2D eigenvalue weighted by atomic mass is 10.1. The summed E-state index contributed by atoms with van der Waals surface area (Å²) in [5.41, 5.74) is 5.25. The molecule has 0 radical (unpaired) electrons. The van der Waals surface area contributed by atoms with E-state index >= 15 is 0 Å². The molecule has 1 aromatic rings. The quantitative estimate of drug-likeness (QED) is 0.627. The van der Waals surface area contributed by atoms with Gasteiger partial charge < -0.3 is 11.1 Å². The van der Waals surface area contributed by atoms with Crippen molar-refractivity contribution in [2.24, 2.45) is 5.73 Å². The maximum absolute atomic E-state index is 12.0. The van der Waals surface area contributed by atoms with Gasteiger partial charge >= 0.3 is 0 Å². The maximum atomic E-state index is 12.0. The molecule has 0 fully saturated rings. The minimum absolute atomic E-state index is 0. The molecule has 0 bridgehead atoms. The van der Waals surface area contributed by atoms with Crippen LogP contribution in [0.25, 0.3) is 0 Å². The number of benzene rings is 1. The highest BCUT2D eigenvalue weighted by atomic mass is 79.9. The Kier molecular flexibility index (Phi) is 8.56. The van der Waals surface area contributed by atoms with Crippen molar-refractivity contribution >= 4 is 44.3 Å². The van der Waals surface area contributed by atoms with Gasteiger partial charge in [-0.15, -0.1) is 12.4 Å². The van der Waals surface area contributed by atoms with Gasteiger partial charge in [0.15, 0.2) is 0 Å². The smallest absolute Gasteiger partial charge is 0.240 e. The molecule has 0 saturated carbocycles. The number of carbonyl (C=O) groups is 1. The fourth-order valence-electron chi connectivity index (χ4n) is 1.41. The van der Waals surface area contributed by atoms with E-state index in [-0.39, 0.29) is 36.2 Å². The third-order valence-electron chi connectivity index (χ3n) is 2.51. The summed E-state index contributed by atoms with van der Waals surface area (Å²) in [5, 5.41) is 2.65. The summed E-state index contributed by atoms with van der Waals surface area (Å²) in [6, 6.07) is 6.27. The number of hydrogen-bond acceptors (Lipinski definition) is 4. The van der Waals surface area contributed by atoms with Crippen LogP contribution in [-0.2, 0) is 14.8 Å². The average Bonchev–Trinajstić information content (AvgIpc) is 2.36. The van der Waals surface area contributed by atoms with Crippen LogP contribution in [0, 0.1) is 0 Å². The first-order valence-corrected chi connectivity index (χ1v) is 8.69. The molecule has 0 aromatic heterocycles. The van der Waals surface area contributed by atoms with Crippen LogP contribution in [0.4, 0.5) is 0 Å². The van der Waals surface area contributed by atoms with Crippen LogP contribution in [0.15, 0.2) is 33.6 Å². The van der Waals surface area contributed by atoms with E-state index < -0.39 is 15.6 Å². The van der Waals surface area contributed by atoms with Gasteiger partial charge in [0.25, 0.3) is 0 Å². The van der Waals surface area contributed by atoms with Crippen molar-refractivity contribution in [3.05, 3.63) is 28.7 Å². The molecule has 0 spiro atoms. The van der Waals surface area contributed by atoms with Gasteiger partial charge in [-0.1, -0.05) is 15.9 Å². The topological polar surface area (TPSA) is 101 Å². The fraction of sp³-hybridized carbons (Fsp3) is 0.462. The summed E-state index contributed by atoms with van der Waals surface area (Å²) >= 11 is 3.24. The molecular formula is C13H21BrClN3O3S. The molecule has 0 aliphatic heterocycles.